The SMILES string of the molecule is c1cncc(NCc2cnc3ccccc3n2)c1. The first-order chi connectivity index (χ1) is 8.92. The summed E-state index contributed by atoms with van der Waals surface area (Å²) >= 11 is 0. The van der Waals surface area contributed by atoms with Gasteiger partial charge in [0.15, 0.2) is 0 Å². The van der Waals surface area contributed by atoms with Crippen molar-refractivity contribution >= 4 is 16.7 Å². The molecule has 0 fully saturated rings. The number of anilines is 1. The first-order valence-corrected chi connectivity index (χ1v) is 5.76. The van der Waals surface area contributed by atoms with E-state index in [0.717, 1.165) is 22.4 Å². The van der Waals surface area contributed by atoms with E-state index in [-0.39, 0.29) is 0 Å². The second-order valence-corrected chi connectivity index (χ2v) is 3.95. The Morgan fingerprint density at radius 2 is 1.83 bits per heavy atom. The minimum atomic E-state index is 0.642. The van der Waals surface area contributed by atoms with Gasteiger partial charge >= 0.3 is 0 Å². The number of rotatable bonds is 3. The van der Waals surface area contributed by atoms with Crippen LogP contribution in [0.15, 0.2) is 55.0 Å². The van der Waals surface area contributed by atoms with Crippen LogP contribution in [0.1, 0.15) is 5.69 Å². The van der Waals surface area contributed by atoms with E-state index in [1.165, 1.54) is 0 Å². The highest BCUT2D eigenvalue weighted by Crippen LogP contribution is 2.10. The van der Waals surface area contributed by atoms with E-state index in [9.17, 15) is 0 Å². The molecule has 0 aliphatic carbocycles. The van der Waals surface area contributed by atoms with Gasteiger partial charge in [0.1, 0.15) is 0 Å². The van der Waals surface area contributed by atoms with E-state index in [0.29, 0.717) is 6.54 Å². The van der Waals surface area contributed by atoms with Crippen molar-refractivity contribution in [3.63, 3.8) is 0 Å². The molecule has 0 aliphatic rings. The number of para-hydroxylation sites is 2. The van der Waals surface area contributed by atoms with Gasteiger partial charge in [-0.1, -0.05) is 12.1 Å². The lowest BCUT2D eigenvalue weighted by atomic mass is 10.3. The maximum atomic E-state index is 4.54. The van der Waals surface area contributed by atoms with Crippen LogP contribution in [0, 0.1) is 0 Å². The number of benzene rings is 1. The van der Waals surface area contributed by atoms with Crippen molar-refractivity contribution in [3.05, 3.63) is 60.7 Å². The van der Waals surface area contributed by atoms with Crippen LogP contribution in [0.5, 0.6) is 0 Å². The quantitative estimate of drug-likeness (QED) is 0.759. The van der Waals surface area contributed by atoms with Gasteiger partial charge < -0.3 is 5.32 Å². The summed E-state index contributed by atoms with van der Waals surface area (Å²) in [6, 6.07) is 11.7. The molecule has 3 rings (SSSR count). The first kappa shape index (κ1) is 10.7. The monoisotopic (exact) mass is 236 g/mol. The highest BCUT2D eigenvalue weighted by atomic mass is 14.9. The van der Waals surface area contributed by atoms with Crippen LogP contribution in [-0.4, -0.2) is 15.0 Å². The minimum Gasteiger partial charge on any atom is -0.378 e. The van der Waals surface area contributed by atoms with Crippen LogP contribution in [0.3, 0.4) is 0 Å². The molecule has 0 spiro atoms. The van der Waals surface area contributed by atoms with Gasteiger partial charge in [-0.05, 0) is 24.3 Å². The molecule has 3 aromatic rings. The number of fused-ring (bicyclic) bond motifs is 1. The molecule has 4 heteroatoms. The number of nitrogens with one attached hydrogen (secondary N) is 1. The Labute approximate surface area is 105 Å². The van der Waals surface area contributed by atoms with Crippen LogP contribution in [-0.2, 0) is 6.54 Å². The maximum absolute atomic E-state index is 4.54. The zero-order valence-corrected chi connectivity index (χ0v) is 9.74. The standard InChI is InChI=1S/C14H12N4/c1-2-6-14-13(5-1)17-10-12(18-14)9-16-11-4-3-7-15-8-11/h1-8,10,16H,9H2. The normalized spacial score (nSPS) is 10.4. The molecule has 2 heterocycles. The third kappa shape index (κ3) is 2.27. The Kier molecular flexibility index (Phi) is 2.84. The predicted octanol–water partition coefficient (Wildman–Crippen LogP) is 2.64. The lowest BCUT2D eigenvalue weighted by Gasteiger charge is -2.05. The summed E-state index contributed by atoms with van der Waals surface area (Å²) < 4.78 is 0. The first-order valence-electron chi connectivity index (χ1n) is 5.76. The molecule has 1 N–H and O–H groups in total. The third-order valence-electron chi connectivity index (χ3n) is 2.63. The fraction of sp³-hybridized carbons (Fsp3) is 0.0714. The Balaban J connectivity index is 1.79. The smallest absolute Gasteiger partial charge is 0.0890 e. The zero-order valence-electron chi connectivity index (χ0n) is 9.74. The number of hydrogen-bond donors (Lipinski definition) is 1. The summed E-state index contributed by atoms with van der Waals surface area (Å²) in [6.07, 6.45) is 5.33. The molecule has 4 nitrogen and oxygen atoms in total. The van der Waals surface area contributed by atoms with Crippen LogP contribution in [0.25, 0.3) is 11.0 Å². The Bertz CT molecular complexity index is 652. The van der Waals surface area contributed by atoms with Crippen molar-refractivity contribution in [2.75, 3.05) is 5.32 Å². The minimum absolute atomic E-state index is 0.642. The van der Waals surface area contributed by atoms with Gasteiger partial charge in [-0.3, -0.25) is 9.97 Å². The van der Waals surface area contributed by atoms with E-state index in [1.54, 1.807) is 18.6 Å². The van der Waals surface area contributed by atoms with Gasteiger partial charge in [-0.2, -0.15) is 0 Å². The van der Waals surface area contributed by atoms with Gasteiger partial charge in [-0.25, -0.2) is 4.98 Å². The average molecular weight is 236 g/mol. The van der Waals surface area contributed by atoms with E-state index in [2.05, 4.69) is 20.3 Å². The zero-order chi connectivity index (χ0) is 12.2. The van der Waals surface area contributed by atoms with Gasteiger partial charge in [0.05, 0.1) is 35.2 Å². The summed E-state index contributed by atoms with van der Waals surface area (Å²) in [5, 5.41) is 3.26. The molecule has 0 atom stereocenters. The molecule has 0 aliphatic heterocycles. The maximum Gasteiger partial charge on any atom is 0.0890 e. The fourth-order valence-electron chi connectivity index (χ4n) is 1.74. The molecule has 2 aromatic heterocycles. The van der Waals surface area contributed by atoms with Crippen LogP contribution in [0.2, 0.25) is 0 Å². The van der Waals surface area contributed by atoms with E-state index >= 15 is 0 Å². The molecule has 18 heavy (non-hydrogen) atoms. The molecule has 0 unspecified atom stereocenters. The lowest BCUT2D eigenvalue weighted by Crippen LogP contribution is -2.02. The second-order valence-electron chi connectivity index (χ2n) is 3.95. The summed E-state index contributed by atoms with van der Waals surface area (Å²) in [4.78, 5) is 13.0. The van der Waals surface area contributed by atoms with Crippen LogP contribution in [0.4, 0.5) is 5.69 Å². The summed E-state index contributed by atoms with van der Waals surface area (Å²) in [7, 11) is 0. The number of hydrogen-bond acceptors (Lipinski definition) is 4. The van der Waals surface area contributed by atoms with Crippen molar-refractivity contribution < 1.29 is 0 Å². The molecule has 0 radical (unpaired) electrons. The topological polar surface area (TPSA) is 50.7 Å². The summed E-state index contributed by atoms with van der Waals surface area (Å²) in [5.41, 5.74) is 3.73. The van der Waals surface area contributed by atoms with Crippen molar-refractivity contribution in [2.24, 2.45) is 0 Å². The molecule has 0 saturated heterocycles. The van der Waals surface area contributed by atoms with Crippen LogP contribution < -0.4 is 5.32 Å². The molecule has 0 amide bonds. The Morgan fingerprint density at radius 1 is 0.944 bits per heavy atom. The highest BCUT2D eigenvalue weighted by Gasteiger charge is 1.99. The van der Waals surface area contributed by atoms with E-state index in [1.807, 2.05) is 36.4 Å². The summed E-state index contributed by atoms with van der Waals surface area (Å²) in [6.45, 7) is 0.642. The largest absolute Gasteiger partial charge is 0.378 e. The molecular formula is C14H12N4. The number of nitrogens with zero attached hydrogens (tertiary/aromatic N) is 3. The average Bonchev–Trinajstić information content (AvgIpc) is 2.46. The van der Waals surface area contributed by atoms with Crippen molar-refractivity contribution in [2.45, 2.75) is 6.54 Å². The number of pyridine rings is 1. The second kappa shape index (κ2) is 4.79. The van der Waals surface area contributed by atoms with Crippen molar-refractivity contribution in [1.82, 2.24) is 15.0 Å². The lowest BCUT2D eigenvalue weighted by molar-refractivity contribution is 1.04. The fourth-order valence-corrected chi connectivity index (χ4v) is 1.74. The number of aromatic nitrogens is 3. The third-order valence-corrected chi connectivity index (χ3v) is 2.63. The predicted molar refractivity (Wildman–Crippen MR) is 71.1 cm³/mol. The van der Waals surface area contributed by atoms with Gasteiger partial charge in [-0.15, -0.1) is 0 Å². The molecular weight excluding hydrogens is 224 g/mol. The Hall–Kier alpha value is -2.49. The van der Waals surface area contributed by atoms with Gasteiger partial charge in [0.25, 0.3) is 0 Å². The van der Waals surface area contributed by atoms with Crippen molar-refractivity contribution in [1.29, 1.82) is 0 Å². The van der Waals surface area contributed by atoms with Gasteiger partial charge in [0, 0.05) is 12.4 Å². The molecule has 0 bridgehead atoms. The highest BCUT2D eigenvalue weighted by molar-refractivity contribution is 5.73. The summed E-state index contributed by atoms with van der Waals surface area (Å²) in [5.74, 6) is 0. The molecule has 0 saturated carbocycles. The van der Waals surface area contributed by atoms with E-state index < -0.39 is 0 Å². The van der Waals surface area contributed by atoms with Crippen molar-refractivity contribution in [3.8, 4) is 0 Å². The van der Waals surface area contributed by atoms with Crippen LogP contribution >= 0.6 is 0 Å². The van der Waals surface area contributed by atoms with E-state index in [4.69, 9.17) is 0 Å². The molecule has 1 aromatic carbocycles. The van der Waals surface area contributed by atoms with Gasteiger partial charge in [0.2, 0.25) is 0 Å². The molecule has 88 valence electrons. The Morgan fingerprint density at radius 3 is 2.67 bits per heavy atom.